The first-order chi connectivity index (χ1) is 14.5. The van der Waals surface area contributed by atoms with Crippen molar-refractivity contribution in [2.45, 2.75) is 32.2 Å². The summed E-state index contributed by atoms with van der Waals surface area (Å²) in [5, 5.41) is 11.6. The highest BCUT2D eigenvalue weighted by atomic mass is 35.5. The van der Waals surface area contributed by atoms with Gasteiger partial charge in [-0.25, -0.2) is 5.43 Å². The van der Waals surface area contributed by atoms with Gasteiger partial charge in [-0.05, 0) is 54.0 Å². The SMILES string of the molecule is COCc1cc(Cl)ccc1C1C=C2C(=O)N(Cc3ccc(C#N)cc3)CC(C)N2N1. The largest absolute Gasteiger partial charge is 0.380 e. The molecule has 0 radical (unpaired) electrons. The van der Waals surface area contributed by atoms with Crippen LogP contribution < -0.4 is 5.43 Å². The average Bonchev–Trinajstić information content (AvgIpc) is 3.19. The molecule has 2 aromatic carbocycles. The Morgan fingerprint density at radius 2 is 2.03 bits per heavy atom. The second-order valence-corrected chi connectivity index (χ2v) is 8.08. The van der Waals surface area contributed by atoms with Gasteiger partial charge in [-0.3, -0.25) is 9.80 Å². The van der Waals surface area contributed by atoms with Crippen LogP contribution in [0.4, 0.5) is 0 Å². The molecular weight excluding hydrogens is 400 g/mol. The Balaban J connectivity index is 1.57. The van der Waals surface area contributed by atoms with E-state index in [1.807, 2.05) is 46.3 Å². The fourth-order valence-corrected chi connectivity index (χ4v) is 4.23. The number of nitrogens with one attached hydrogen (secondary N) is 1. The summed E-state index contributed by atoms with van der Waals surface area (Å²) < 4.78 is 5.33. The molecule has 2 aliphatic heterocycles. The van der Waals surface area contributed by atoms with Crippen molar-refractivity contribution in [3.63, 3.8) is 0 Å². The number of rotatable bonds is 5. The minimum atomic E-state index is -0.122. The fourth-order valence-electron chi connectivity index (χ4n) is 4.04. The Bertz CT molecular complexity index is 1030. The molecule has 0 bridgehead atoms. The number of carbonyl (C=O) groups is 1. The monoisotopic (exact) mass is 422 g/mol. The molecule has 30 heavy (non-hydrogen) atoms. The number of hydrogen-bond acceptors (Lipinski definition) is 5. The third kappa shape index (κ3) is 3.92. The second kappa shape index (κ2) is 8.49. The predicted octanol–water partition coefficient (Wildman–Crippen LogP) is 3.53. The molecule has 2 unspecified atom stereocenters. The van der Waals surface area contributed by atoms with Crippen LogP contribution in [0.2, 0.25) is 5.02 Å². The van der Waals surface area contributed by atoms with Crippen LogP contribution in [-0.2, 0) is 22.7 Å². The minimum Gasteiger partial charge on any atom is -0.380 e. The Kier molecular flexibility index (Phi) is 5.78. The first-order valence-electron chi connectivity index (χ1n) is 9.83. The van der Waals surface area contributed by atoms with Crippen molar-refractivity contribution in [3.8, 4) is 6.07 Å². The molecule has 0 spiro atoms. The van der Waals surface area contributed by atoms with Gasteiger partial charge in [0.25, 0.3) is 5.91 Å². The van der Waals surface area contributed by atoms with Crippen molar-refractivity contribution in [1.82, 2.24) is 15.3 Å². The minimum absolute atomic E-state index is 0.00489. The van der Waals surface area contributed by atoms with Gasteiger partial charge in [0.15, 0.2) is 0 Å². The lowest BCUT2D eigenvalue weighted by Gasteiger charge is -2.40. The molecule has 6 nitrogen and oxygen atoms in total. The van der Waals surface area contributed by atoms with E-state index in [9.17, 15) is 4.79 Å². The maximum absolute atomic E-state index is 13.2. The van der Waals surface area contributed by atoms with E-state index in [2.05, 4.69) is 18.4 Å². The molecule has 2 aliphatic rings. The van der Waals surface area contributed by atoms with E-state index >= 15 is 0 Å². The summed E-state index contributed by atoms with van der Waals surface area (Å²) >= 11 is 6.16. The molecule has 0 aromatic heterocycles. The van der Waals surface area contributed by atoms with Crippen molar-refractivity contribution in [2.75, 3.05) is 13.7 Å². The van der Waals surface area contributed by atoms with Crippen molar-refractivity contribution in [1.29, 1.82) is 5.26 Å². The first-order valence-corrected chi connectivity index (χ1v) is 10.2. The predicted molar refractivity (Wildman–Crippen MR) is 114 cm³/mol. The van der Waals surface area contributed by atoms with Crippen molar-refractivity contribution in [3.05, 3.63) is 81.5 Å². The average molecular weight is 423 g/mol. The molecule has 4 rings (SSSR count). The van der Waals surface area contributed by atoms with Crippen LogP contribution in [0.1, 0.15) is 35.2 Å². The molecule has 1 saturated heterocycles. The van der Waals surface area contributed by atoms with Gasteiger partial charge in [0, 0.05) is 25.2 Å². The summed E-state index contributed by atoms with van der Waals surface area (Å²) in [6, 6.07) is 15.2. The van der Waals surface area contributed by atoms with E-state index in [1.54, 1.807) is 19.2 Å². The van der Waals surface area contributed by atoms with Crippen molar-refractivity contribution >= 4 is 17.5 Å². The number of nitriles is 1. The molecule has 2 aromatic rings. The van der Waals surface area contributed by atoms with Gasteiger partial charge in [0.05, 0.1) is 30.3 Å². The van der Waals surface area contributed by atoms with E-state index in [0.29, 0.717) is 36.0 Å². The number of nitrogens with zero attached hydrogens (tertiary/aromatic N) is 3. The molecule has 0 saturated carbocycles. The molecule has 154 valence electrons. The van der Waals surface area contributed by atoms with E-state index in [4.69, 9.17) is 21.6 Å². The number of hydrazine groups is 1. The van der Waals surface area contributed by atoms with Gasteiger partial charge < -0.3 is 9.64 Å². The molecule has 0 aliphatic carbocycles. The van der Waals surface area contributed by atoms with E-state index in [0.717, 1.165) is 16.7 Å². The number of piperazine rings is 1. The number of benzene rings is 2. The van der Waals surface area contributed by atoms with Crippen molar-refractivity contribution in [2.24, 2.45) is 0 Å². The van der Waals surface area contributed by atoms with E-state index < -0.39 is 0 Å². The van der Waals surface area contributed by atoms with Crippen LogP contribution in [0.25, 0.3) is 0 Å². The maximum atomic E-state index is 13.2. The van der Waals surface area contributed by atoms with Gasteiger partial charge in [-0.2, -0.15) is 5.26 Å². The topological polar surface area (TPSA) is 68.6 Å². The lowest BCUT2D eigenvalue weighted by Crippen LogP contribution is -2.55. The quantitative estimate of drug-likeness (QED) is 0.798. The molecular formula is C23H23ClN4O2. The lowest BCUT2D eigenvalue weighted by atomic mass is 10.0. The highest BCUT2D eigenvalue weighted by molar-refractivity contribution is 6.30. The Labute approximate surface area is 181 Å². The zero-order valence-corrected chi connectivity index (χ0v) is 17.7. The van der Waals surface area contributed by atoms with Gasteiger partial charge in [0.1, 0.15) is 5.70 Å². The standard InChI is InChI=1S/C23H23ClN4O2/c1-15-12-27(13-17-5-3-16(11-25)4-6-17)23(29)22-10-21(26-28(15)22)20-8-7-19(24)9-18(20)14-30-2/h3-10,15,21,26H,12-14H2,1-2H3. The first kappa shape index (κ1) is 20.4. The third-order valence-corrected chi connectivity index (χ3v) is 5.73. The van der Waals surface area contributed by atoms with Gasteiger partial charge in [-0.1, -0.05) is 29.8 Å². The smallest absolute Gasteiger partial charge is 0.271 e. The van der Waals surface area contributed by atoms with Gasteiger partial charge in [-0.15, -0.1) is 0 Å². The highest BCUT2D eigenvalue weighted by Gasteiger charge is 2.39. The number of hydrogen-bond donors (Lipinski definition) is 1. The number of amides is 1. The number of ether oxygens (including phenoxy) is 1. The summed E-state index contributed by atoms with van der Waals surface area (Å²) in [5.74, 6) is -0.00489. The summed E-state index contributed by atoms with van der Waals surface area (Å²) in [7, 11) is 1.65. The zero-order chi connectivity index (χ0) is 21.3. The molecule has 1 amide bonds. The van der Waals surface area contributed by atoms with Gasteiger partial charge in [0.2, 0.25) is 0 Å². The van der Waals surface area contributed by atoms with Gasteiger partial charge >= 0.3 is 0 Å². The number of fused-ring (bicyclic) bond motifs is 1. The maximum Gasteiger partial charge on any atom is 0.271 e. The normalized spacial score (nSPS) is 20.7. The van der Waals surface area contributed by atoms with Crippen LogP contribution >= 0.6 is 11.6 Å². The zero-order valence-electron chi connectivity index (χ0n) is 16.9. The highest BCUT2D eigenvalue weighted by Crippen LogP contribution is 2.33. The Morgan fingerprint density at radius 3 is 2.73 bits per heavy atom. The molecule has 2 atom stereocenters. The van der Waals surface area contributed by atoms with E-state index in [-0.39, 0.29) is 18.0 Å². The third-order valence-electron chi connectivity index (χ3n) is 5.49. The van der Waals surface area contributed by atoms with Crippen LogP contribution in [0, 0.1) is 11.3 Å². The number of carbonyl (C=O) groups excluding carboxylic acids is 1. The van der Waals surface area contributed by atoms with Crippen molar-refractivity contribution < 1.29 is 9.53 Å². The molecule has 7 heteroatoms. The summed E-state index contributed by atoms with van der Waals surface area (Å²) in [6.07, 6.45) is 1.98. The lowest BCUT2D eigenvalue weighted by molar-refractivity contribution is -0.134. The molecule has 2 heterocycles. The van der Waals surface area contributed by atoms with Crippen LogP contribution in [0.5, 0.6) is 0 Å². The van der Waals surface area contributed by atoms with E-state index in [1.165, 1.54) is 0 Å². The van der Waals surface area contributed by atoms with Crippen LogP contribution in [0.15, 0.2) is 54.2 Å². The number of methoxy groups -OCH3 is 1. The van der Waals surface area contributed by atoms with Crippen LogP contribution in [-0.4, -0.2) is 35.5 Å². The fraction of sp³-hybridized carbons (Fsp3) is 0.304. The molecule has 1 N–H and O–H groups in total. The Morgan fingerprint density at radius 1 is 1.27 bits per heavy atom. The van der Waals surface area contributed by atoms with Crippen LogP contribution in [0.3, 0.4) is 0 Å². The second-order valence-electron chi connectivity index (χ2n) is 7.65. The Hall–Kier alpha value is -2.85. The molecule has 1 fully saturated rings. The number of halogens is 1. The summed E-state index contributed by atoms with van der Waals surface area (Å²) in [4.78, 5) is 15.1. The summed E-state index contributed by atoms with van der Waals surface area (Å²) in [6.45, 7) is 3.67. The summed E-state index contributed by atoms with van der Waals surface area (Å²) in [5.41, 5.74) is 7.78.